The summed E-state index contributed by atoms with van der Waals surface area (Å²) in [5.41, 5.74) is 6.33. The van der Waals surface area contributed by atoms with Crippen molar-refractivity contribution in [3.8, 4) is 10.7 Å². The van der Waals surface area contributed by atoms with Gasteiger partial charge in [0.1, 0.15) is 5.69 Å². The van der Waals surface area contributed by atoms with Gasteiger partial charge in [-0.3, -0.25) is 0 Å². The summed E-state index contributed by atoms with van der Waals surface area (Å²) in [6.07, 6.45) is 3.70. The van der Waals surface area contributed by atoms with Crippen LogP contribution >= 0.6 is 11.3 Å². The number of hydrogen-bond donors (Lipinski definition) is 1. The summed E-state index contributed by atoms with van der Waals surface area (Å²) in [7, 11) is 0. The van der Waals surface area contributed by atoms with E-state index in [1.54, 1.807) is 10.8 Å². The van der Waals surface area contributed by atoms with Crippen molar-refractivity contribution in [3.05, 3.63) is 18.3 Å². The molecule has 2 N–H and O–H groups in total. The molecule has 0 saturated carbocycles. The van der Waals surface area contributed by atoms with E-state index in [0.717, 1.165) is 28.0 Å². The van der Waals surface area contributed by atoms with Gasteiger partial charge in [-0.1, -0.05) is 11.3 Å². The molecule has 0 aliphatic rings. The molecule has 88 valence electrons. The number of imidazole rings is 1. The molecular weight excluding hydrogens is 238 g/mol. The average Bonchev–Trinajstić information content (AvgIpc) is 2.96. The van der Waals surface area contributed by atoms with Crippen LogP contribution < -0.4 is 5.73 Å². The normalized spacial score (nSPS) is 11.4. The average molecular weight is 249 g/mol. The number of aromatic nitrogens is 6. The van der Waals surface area contributed by atoms with Crippen molar-refractivity contribution in [2.45, 2.75) is 13.5 Å². The molecule has 0 aliphatic carbocycles. The summed E-state index contributed by atoms with van der Waals surface area (Å²) in [6, 6.07) is 0. The fourth-order valence-electron chi connectivity index (χ4n) is 1.56. The molecule has 0 spiro atoms. The van der Waals surface area contributed by atoms with Crippen molar-refractivity contribution >= 4 is 16.3 Å². The molecule has 0 bridgehead atoms. The van der Waals surface area contributed by atoms with Gasteiger partial charge >= 0.3 is 0 Å². The third kappa shape index (κ3) is 1.71. The van der Waals surface area contributed by atoms with E-state index in [9.17, 15) is 0 Å². The predicted molar refractivity (Wildman–Crippen MR) is 63.7 cm³/mol. The molecule has 3 rings (SSSR count). The van der Waals surface area contributed by atoms with Crippen molar-refractivity contribution in [1.29, 1.82) is 0 Å². The molecule has 3 heterocycles. The molecule has 3 aromatic rings. The quantitative estimate of drug-likeness (QED) is 0.722. The van der Waals surface area contributed by atoms with Crippen LogP contribution in [0.15, 0.2) is 12.5 Å². The molecule has 3 aromatic heterocycles. The Hall–Kier alpha value is -1.80. The van der Waals surface area contributed by atoms with Crippen LogP contribution in [-0.4, -0.2) is 35.9 Å². The fourth-order valence-corrected chi connectivity index (χ4v) is 2.41. The molecule has 8 heteroatoms. The van der Waals surface area contributed by atoms with Crippen LogP contribution in [0.4, 0.5) is 0 Å². The maximum Gasteiger partial charge on any atom is 0.235 e. The van der Waals surface area contributed by atoms with Crippen molar-refractivity contribution in [3.63, 3.8) is 0 Å². The first-order valence-corrected chi connectivity index (χ1v) is 6.00. The highest BCUT2D eigenvalue weighted by Crippen LogP contribution is 2.23. The predicted octanol–water partition coefficient (Wildman–Crippen LogP) is 0.316. The summed E-state index contributed by atoms with van der Waals surface area (Å²) in [6.45, 7) is 3.23. The van der Waals surface area contributed by atoms with E-state index in [-0.39, 0.29) is 0 Å². The minimum Gasteiger partial charge on any atom is -0.335 e. The van der Waals surface area contributed by atoms with E-state index in [2.05, 4.69) is 20.3 Å². The maximum atomic E-state index is 5.49. The maximum absolute atomic E-state index is 5.49. The standard InChI is InChI=1S/C9H11N7S/c1-6-12-13-9-16(6)14-8(17-9)7-4-15(3-2-10)5-11-7/h4-5H,2-3,10H2,1H3. The lowest BCUT2D eigenvalue weighted by Crippen LogP contribution is -2.07. The third-order valence-corrected chi connectivity index (χ3v) is 3.31. The van der Waals surface area contributed by atoms with E-state index >= 15 is 0 Å². The summed E-state index contributed by atoms with van der Waals surface area (Å²) >= 11 is 1.47. The minimum atomic E-state index is 0.597. The number of nitrogens with two attached hydrogens (primary N) is 1. The highest BCUT2D eigenvalue weighted by atomic mass is 32.1. The smallest absolute Gasteiger partial charge is 0.235 e. The Labute approximate surface area is 101 Å². The molecule has 0 amide bonds. The second-order valence-corrected chi connectivity index (χ2v) is 4.59. The number of rotatable bonds is 3. The molecule has 17 heavy (non-hydrogen) atoms. The van der Waals surface area contributed by atoms with Gasteiger partial charge in [0, 0.05) is 19.3 Å². The van der Waals surface area contributed by atoms with Gasteiger partial charge in [-0.25, -0.2) is 4.98 Å². The molecule has 0 unspecified atom stereocenters. The fraction of sp³-hybridized carbons (Fsp3) is 0.333. The van der Waals surface area contributed by atoms with Gasteiger partial charge in [-0.05, 0) is 6.92 Å². The molecule has 0 aromatic carbocycles. The second-order valence-electron chi connectivity index (χ2n) is 3.63. The third-order valence-electron chi connectivity index (χ3n) is 2.39. The first-order chi connectivity index (χ1) is 8.28. The monoisotopic (exact) mass is 249 g/mol. The van der Waals surface area contributed by atoms with Crippen molar-refractivity contribution < 1.29 is 0 Å². The van der Waals surface area contributed by atoms with Gasteiger partial charge in [-0.2, -0.15) is 9.61 Å². The van der Waals surface area contributed by atoms with Gasteiger partial charge in [0.25, 0.3) is 0 Å². The van der Waals surface area contributed by atoms with Crippen LogP contribution in [0.3, 0.4) is 0 Å². The van der Waals surface area contributed by atoms with Crippen molar-refractivity contribution in [1.82, 2.24) is 29.4 Å². The number of hydrogen-bond acceptors (Lipinski definition) is 6. The first-order valence-electron chi connectivity index (χ1n) is 5.19. The Morgan fingerprint density at radius 2 is 2.29 bits per heavy atom. The SMILES string of the molecule is Cc1nnc2sc(-c3cn(CCN)cn3)nn12. The molecule has 0 aliphatic heterocycles. The lowest BCUT2D eigenvalue weighted by Gasteiger charge is -1.94. The number of nitrogens with zero attached hydrogens (tertiary/aromatic N) is 6. The Balaban J connectivity index is 2.01. The van der Waals surface area contributed by atoms with Crippen LogP contribution in [-0.2, 0) is 6.54 Å². The summed E-state index contributed by atoms with van der Waals surface area (Å²) in [5, 5.41) is 13.2. The molecular formula is C9H11N7S. The van der Waals surface area contributed by atoms with Gasteiger partial charge < -0.3 is 10.3 Å². The molecule has 7 nitrogen and oxygen atoms in total. The van der Waals surface area contributed by atoms with E-state index < -0.39 is 0 Å². The largest absolute Gasteiger partial charge is 0.335 e. The molecule has 0 saturated heterocycles. The topological polar surface area (TPSA) is 86.9 Å². The zero-order chi connectivity index (χ0) is 11.8. The molecule has 0 atom stereocenters. The molecule has 0 radical (unpaired) electrons. The van der Waals surface area contributed by atoms with E-state index in [1.165, 1.54) is 11.3 Å². The van der Waals surface area contributed by atoms with Crippen LogP contribution in [0.1, 0.15) is 5.82 Å². The Morgan fingerprint density at radius 1 is 1.41 bits per heavy atom. The zero-order valence-electron chi connectivity index (χ0n) is 9.24. The highest BCUT2D eigenvalue weighted by molar-refractivity contribution is 7.19. The van der Waals surface area contributed by atoms with Crippen LogP contribution in [0, 0.1) is 6.92 Å². The van der Waals surface area contributed by atoms with E-state index in [4.69, 9.17) is 5.73 Å². The second kappa shape index (κ2) is 3.90. The Kier molecular flexibility index (Phi) is 2.37. The van der Waals surface area contributed by atoms with E-state index in [0.29, 0.717) is 6.54 Å². The van der Waals surface area contributed by atoms with Gasteiger partial charge in [-0.15, -0.1) is 10.2 Å². The van der Waals surface area contributed by atoms with Gasteiger partial charge in [0.05, 0.1) is 6.33 Å². The minimum absolute atomic E-state index is 0.597. The lowest BCUT2D eigenvalue weighted by atomic mass is 10.5. The van der Waals surface area contributed by atoms with Crippen LogP contribution in [0.5, 0.6) is 0 Å². The van der Waals surface area contributed by atoms with E-state index in [1.807, 2.05) is 17.7 Å². The lowest BCUT2D eigenvalue weighted by molar-refractivity contribution is 0.708. The van der Waals surface area contributed by atoms with Crippen LogP contribution in [0.2, 0.25) is 0 Å². The highest BCUT2D eigenvalue weighted by Gasteiger charge is 2.12. The van der Waals surface area contributed by atoms with Gasteiger partial charge in [0.2, 0.25) is 4.96 Å². The zero-order valence-corrected chi connectivity index (χ0v) is 10.1. The van der Waals surface area contributed by atoms with Crippen LogP contribution in [0.25, 0.3) is 15.7 Å². The summed E-state index contributed by atoms with van der Waals surface area (Å²) in [4.78, 5) is 5.09. The number of aryl methyl sites for hydroxylation is 1. The van der Waals surface area contributed by atoms with Crippen molar-refractivity contribution in [2.75, 3.05) is 6.54 Å². The Morgan fingerprint density at radius 3 is 3.06 bits per heavy atom. The number of fused-ring (bicyclic) bond motifs is 1. The van der Waals surface area contributed by atoms with Gasteiger partial charge in [0.15, 0.2) is 10.8 Å². The summed E-state index contributed by atoms with van der Waals surface area (Å²) < 4.78 is 3.67. The molecule has 0 fully saturated rings. The Bertz CT molecular complexity index is 649. The first kappa shape index (κ1) is 10.4. The van der Waals surface area contributed by atoms with Crippen molar-refractivity contribution in [2.24, 2.45) is 5.73 Å². The summed E-state index contributed by atoms with van der Waals surface area (Å²) in [5.74, 6) is 0.781.